The van der Waals surface area contributed by atoms with Crippen LogP contribution in [-0.4, -0.2) is 12.2 Å². The third kappa shape index (κ3) is 1.83. The Bertz CT molecular complexity index is 275. The molecule has 0 radical (unpaired) electrons. The number of aliphatic hydroxyl groups excluding tert-OH is 1. The molecule has 0 amide bonds. The molecule has 70 valence electrons. The summed E-state index contributed by atoms with van der Waals surface area (Å²) in [4.78, 5) is 0. The zero-order valence-corrected chi connectivity index (χ0v) is 7.73. The molecule has 0 bridgehead atoms. The third-order valence-electron chi connectivity index (χ3n) is 2.53. The van der Waals surface area contributed by atoms with E-state index >= 15 is 0 Å². The van der Waals surface area contributed by atoms with Crippen molar-refractivity contribution in [3.63, 3.8) is 0 Å². The molecule has 0 aliphatic heterocycles. The molecule has 1 saturated carbocycles. The van der Waals surface area contributed by atoms with E-state index in [2.05, 4.69) is 0 Å². The first-order valence-electron chi connectivity index (χ1n) is 4.63. The molecule has 1 fully saturated rings. The maximum absolute atomic E-state index is 9.78. The van der Waals surface area contributed by atoms with E-state index in [9.17, 15) is 5.11 Å². The van der Waals surface area contributed by atoms with E-state index in [0.717, 1.165) is 24.2 Å². The third-order valence-corrected chi connectivity index (χ3v) is 2.53. The molecule has 1 unspecified atom stereocenters. The van der Waals surface area contributed by atoms with E-state index in [1.54, 1.807) is 7.11 Å². The smallest absolute Gasteiger partial charge is 0.118 e. The van der Waals surface area contributed by atoms with Crippen LogP contribution < -0.4 is 4.74 Å². The van der Waals surface area contributed by atoms with Crippen molar-refractivity contribution in [3.05, 3.63) is 29.8 Å². The highest BCUT2D eigenvalue weighted by Gasteiger charge is 2.30. The number of aliphatic hydroxyl groups is 1. The molecule has 0 aromatic heterocycles. The number of hydrogen-bond acceptors (Lipinski definition) is 2. The van der Waals surface area contributed by atoms with Crippen LogP contribution in [0, 0.1) is 5.92 Å². The van der Waals surface area contributed by atoms with Gasteiger partial charge in [-0.3, -0.25) is 0 Å². The number of ether oxygens (including phenoxy) is 1. The molecule has 0 saturated heterocycles. The van der Waals surface area contributed by atoms with Crippen molar-refractivity contribution in [2.75, 3.05) is 7.11 Å². The van der Waals surface area contributed by atoms with Gasteiger partial charge in [0.2, 0.25) is 0 Å². The topological polar surface area (TPSA) is 29.5 Å². The lowest BCUT2D eigenvalue weighted by molar-refractivity contribution is 0.154. The summed E-state index contributed by atoms with van der Waals surface area (Å²) in [5.74, 6) is 1.33. The number of benzene rings is 1. The van der Waals surface area contributed by atoms with Gasteiger partial charge in [-0.15, -0.1) is 0 Å². The normalized spacial score (nSPS) is 18.3. The van der Waals surface area contributed by atoms with E-state index in [1.807, 2.05) is 24.3 Å². The molecule has 2 heteroatoms. The number of methoxy groups -OCH3 is 1. The largest absolute Gasteiger partial charge is 0.497 e. The van der Waals surface area contributed by atoms with Crippen molar-refractivity contribution in [1.29, 1.82) is 0 Å². The Balaban J connectivity index is 2.11. The summed E-state index contributed by atoms with van der Waals surface area (Å²) in [5.41, 5.74) is 1.00. The first-order valence-corrected chi connectivity index (χ1v) is 4.63. The first-order chi connectivity index (χ1) is 6.31. The lowest BCUT2D eigenvalue weighted by Crippen LogP contribution is -1.98. The van der Waals surface area contributed by atoms with E-state index in [4.69, 9.17) is 4.74 Å². The van der Waals surface area contributed by atoms with Crippen LogP contribution >= 0.6 is 0 Å². The Hall–Kier alpha value is -1.02. The van der Waals surface area contributed by atoms with Crippen LogP contribution in [0.15, 0.2) is 24.3 Å². The van der Waals surface area contributed by atoms with Gasteiger partial charge in [-0.05, 0) is 36.5 Å². The van der Waals surface area contributed by atoms with Crippen LogP contribution in [0.4, 0.5) is 0 Å². The minimum absolute atomic E-state index is 0.272. The van der Waals surface area contributed by atoms with Crippen molar-refractivity contribution in [1.82, 2.24) is 0 Å². The molecule has 2 nitrogen and oxygen atoms in total. The van der Waals surface area contributed by atoms with Gasteiger partial charge in [0.05, 0.1) is 13.2 Å². The standard InChI is InChI=1S/C11H14O2/c1-13-10-6-4-9(5-7-10)11(12)8-2-3-8/h4-8,11-12H,2-3H2,1H3. The molecule has 2 rings (SSSR count). The van der Waals surface area contributed by atoms with E-state index in [0.29, 0.717) is 5.92 Å². The van der Waals surface area contributed by atoms with Gasteiger partial charge in [0.1, 0.15) is 5.75 Å². The van der Waals surface area contributed by atoms with Crippen molar-refractivity contribution in [3.8, 4) is 5.75 Å². The predicted molar refractivity (Wildman–Crippen MR) is 50.7 cm³/mol. The fourth-order valence-electron chi connectivity index (χ4n) is 1.49. The molecule has 1 aliphatic rings. The zero-order chi connectivity index (χ0) is 9.26. The highest BCUT2D eigenvalue weighted by Crippen LogP contribution is 2.40. The lowest BCUT2D eigenvalue weighted by atomic mass is 10.1. The highest BCUT2D eigenvalue weighted by atomic mass is 16.5. The Morgan fingerprint density at radius 2 is 1.92 bits per heavy atom. The van der Waals surface area contributed by atoms with Crippen LogP contribution in [0.5, 0.6) is 5.75 Å². The molecule has 1 aliphatic carbocycles. The molecule has 1 aromatic carbocycles. The minimum atomic E-state index is -0.272. The van der Waals surface area contributed by atoms with E-state index in [1.165, 1.54) is 0 Å². The summed E-state index contributed by atoms with van der Waals surface area (Å²) in [5, 5.41) is 9.78. The predicted octanol–water partition coefficient (Wildman–Crippen LogP) is 2.14. The van der Waals surface area contributed by atoms with Gasteiger partial charge in [-0.25, -0.2) is 0 Å². The second-order valence-electron chi connectivity index (χ2n) is 3.56. The summed E-state index contributed by atoms with van der Waals surface area (Å²) < 4.78 is 5.04. The van der Waals surface area contributed by atoms with Crippen molar-refractivity contribution >= 4 is 0 Å². The lowest BCUT2D eigenvalue weighted by Gasteiger charge is -2.09. The van der Waals surface area contributed by atoms with Crippen LogP contribution in [-0.2, 0) is 0 Å². The maximum atomic E-state index is 9.78. The van der Waals surface area contributed by atoms with Gasteiger partial charge in [0.25, 0.3) is 0 Å². The van der Waals surface area contributed by atoms with Crippen molar-refractivity contribution in [2.45, 2.75) is 18.9 Å². The Morgan fingerprint density at radius 3 is 2.38 bits per heavy atom. The fourth-order valence-corrected chi connectivity index (χ4v) is 1.49. The van der Waals surface area contributed by atoms with Crippen LogP contribution in [0.25, 0.3) is 0 Å². The summed E-state index contributed by atoms with van der Waals surface area (Å²) in [6.07, 6.45) is 2.05. The maximum Gasteiger partial charge on any atom is 0.118 e. The molecule has 1 aromatic rings. The quantitative estimate of drug-likeness (QED) is 0.768. The van der Waals surface area contributed by atoms with Crippen LogP contribution in [0.3, 0.4) is 0 Å². The average molecular weight is 178 g/mol. The highest BCUT2D eigenvalue weighted by molar-refractivity contribution is 5.29. The van der Waals surface area contributed by atoms with E-state index in [-0.39, 0.29) is 6.10 Å². The van der Waals surface area contributed by atoms with Crippen molar-refractivity contribution in [2.24, 2.45) is 5.92 Å². The molecular formula is C11H14O2. The molecular weight excluding hydrogens is 164 g/mol. The fraction of sp³-hybridized carbons (Fsp3) is 0.455. The number of rotatable bonds is 3. The minimum Gasteiger partial charge on any atom is -0.497 e. The molecule has 1 atom stereocenters. The van der Waals surface area contributed by atoms with Gasteiger partial charge in [-0.1, -0.05) is 12.1 Å². The Labute approximate surface area is 78.2 Å². The summed E-state index contributed by atoms with van der Waals surface area (Å²) in [7, 11) is 1.65. The monoisotopic (exact) mass is 178 g/mol. The summed E-state index contributed by atoms with van der Waals surface area (Å²) >= 11 is 0. The van der Waals surface area contributed by atoms with Crippen LogP contribution in [0.1, 0.15) is 24.5 Å². The van der Waals surface area contributed by atoms with E-state index < -0.39 is 0 Å². The average Bonchev–Trinajstić information content (AvgIpc) is 3.00. The molecule has 0 heterocycles. The SMILES string of the molecule is COc1ccc(C(O)C2CC2)cc1. The Morgan fingerprint density at radius 1 is 1.31 bits per heavy atom. The summed E-state index contributed by atoms with van der Waals surface area (Å²) in [6, 6.07) is 7.64. The summed E-state index contributed by atoms with van der Waals surface area (Å²) in [6.45, 7) is 0. The molecule has 1 N–H and O–H groups in total. The van der Waals surface area contributed by atoms with Gasteiger partial charge in [0.15, 0.2) is 0 Å². The Kier molecular flexibility index (Phi) is 2.23. The molecule has 0 spiro atoms. The van der Waals surface area contributed by atoms with Crippen molar-refractivity contribution < 1.29 is 9.84 Å². The first kappa shape index (κ1) is 8.57. The zero-order valence-electron chi connectivity index (χ0n) is 7.73. The second kappa shape index (κ2) is 3.38. The van der Waals surface area contributed by atoms with Gasteiger partial charge in [-0.2, -0.15) is 0 Å². The number of hydrogen-bond donors (Lipinski definition) is 1. The molecule has 13 heavy (non-hydrogen) atoms. The van der Waals surface area contributed by atoms with Crippen LogP contribution in [0.2, 0.25) is 0 Å². The second-order valence-corrected chi connectivity index (χ2v) is 3.56. The van der Waals surface area contributed by atoms with Gasteiger partial charge < -0.3 is 9.84 Å². The van der Waals surface area contributed by atoms with Gasteiger partial charge >= 0.3 is 0 Å². The van der Waals surface area contributed by atoms with Gasteiger partial charge in [0, 0.05) is 0 Å².